The lowest BCUT2D eigenvalue weighted by atomic mass is 9.89. The molecule has 0 saturated heterocycles. The molecule has 100 valence electrons. The van der Waals surface area contributed by atoms with Crippen LogP contribution in [0.5, 0.6) is 0 Å². The average molecular weight is 249 g/mol. The molecule has 0 spiro atoms. The van der Waals surface area contributed by atoms with Crippen LogP contribution < -0.4 is 11.1 Å². The number of hydrogen-bond donors (Lipinski definition) is 2. The summed E-state index contributed by atoms with van der Waals surface area (Å²) >= 11 is 0. The Hall–Kier alpha value is -1.42. The van der Waals surface area contributed by atoms with Crippen molar-refractivity contribution in [2.24, 2.45) is 11.1 Å². The number of nitrogens with one attached hydrogen (secondary N) is 1. The van der Waals surface area contributed by atoms with Gasteiger partial charge in [-0.15, -0.1) is 0 Å². The molecule has 0 aromatic carbocycles. The van der Waals surface area contributed by atoms with E-state index in [-0.39, 0.29) is 11.3 Å². The van der Waals surface area contributed by atoms with Gasteiger partial charge in [-0.05, 0) is 43.5 Å². The van der Waals surface area contributed by atoms with Crippen LogP contribution in [0.25, 0.3) is 0 Å². The Bertz CT molecular complexity index is 427. The minimum atomic E-state index is -0.374. The minimum absolute atomic E-state index is 0.0000477. The smallest absolute Gasteiger partial charge is 0.231 e. The van der Waals surface area contributed by atoms with E-state index in [4.69, 9.17) is 5.73 Å². The Kier molecular flexibility index (Phi) is 4.84. The van der Waals surface area contributed by atoms with Crippen molar-refractivity contribution in [2.45, 2.75) is 40.5 Å². The van der Waals surface area contributed by atoms with Crippen LogP contribution in [-0.4, -0.2) is 17.4 Å². The zero-order valence-electron chi connectivity index (χ0n) is 11.7. The third kappa shape index (κ3) is 3.53. The van der Waals surface area contributed by atoms with E-state index in [0.29, 0.717) is 12.4 Å². The Balaban J connectivity index is 2.85. The number of nitrogens with two attached hydrogens (primary N) is 1. The first-order valence-electron chi connectivity index (χ1n) is 6.37. The monoisotopic (exact) mass is 249 g/mol. The van der Waals surface area contributed by atoms with Crippen molar-refractivity contribution in [1.29, 1.82) is 0 Å². The van der Waals surface area contributed by atoms with Crippen LogP contribution in [-0.2, 0) is 11.2 Å². The first-order chi connectivity index (χ1) is 8.40. The summed E-state index contributed by atoms with van der Waals surface area (Å²) < 4.78 is 0. The zero-order chi connectivity index (χ0) is 13.8. The van der Waals surface area contributed by atoms with Crippen LogP contribution in [0.2, 0.25) is 0 Å². The van der Waals surface area contributed by atoms with Crippen LogP contribution in [0.4, 0.5) is 5.82 Å². The summed E-state index contributed by atoms with van der Waals surface area (Å²) in [6.45, 7) is 8.45. The second-order valence-corrected chi connectivity index (χ2v) is 5.23. The van der Waals surface area contributed by atoms with Gasteiger partial charge in [0.15, 0.2) is 0 Å². The van der Waals surface area contributed by atoms with Gasteiger partial charge in [-0.1, -0.05) is 20.8 Å². The molecule has 0 atom stereocenters. The van der Waals surface area contributed by atoms with E-state index in [2.05, 4.69) is 10.3 Å². The van der Waals surface area contributed by atoms with Gasteiger partial charge >= 0.3 is 0 Å². The Morgan fingerprint density at radius 3 is 2.72 bits per heavy atom. The third-order valence-electron chi connectivity index (χ3n) is 3.37. The number of aromatic nitrogens is 1. The van der Waals surface area contributed by atoms with E-state index in [1.54, 1.807) is 6.20 Å². The molecule has 1 aromatic rings. The van der Waals surface area contributed by atoms with Gasteiger partial charge in [0.05, 0.1) is 0 Å². The third-order valence-corrected chi connectivity index (χ3v) is 3.37. The molecule has 1 aromatic heterocycles. The molecule has 3 N–H and O–H groups in total. The molecule has 0 bridgehead atoms. The highest BCUT2D eigenvalue weighted by Gasteiger charge is 2.25. The van der Waals surface area contributed by atoms with Crippen LogP contribution in [0.3, 0.4) is 0 Å². The van der Waals surface area contributed by atoms with Gasteiger partial charge < -0.3 is 11.1 Å². The van der Waals surface area contributed by atoms with Crippen molar-refractivity contribution in [2.75, 3.05) is 11.9 Å². The largest absolute Gasteiger partial charge is 0.330 e. The Labute approximate surface area is 109 Å². The number of rotatable bonds is 5. The van der Waals surface area contributed by atoms with Gasteiger partial charge in [0.25, 0.3) is 0 Å². The highest BCUT2D eigenvalue weighted by atomic mass is 16.2. The van der Waals surface area contributed by atoms with E-state index in [1.807, 2.05) is 33.8 Å². The van der Waals surface area contributed by atoms with Crippen LogP contribution in [0.1, 0.15) is 38.3 Å². The van der Waals surface area contributed by atoms with Crippen LogP contribution in [0.15, 0.2) is 12.3 Å². The Morgan fingerprint density at radius 2 is 2.17 bits per heavy atom. The van der Waals surface area contributed by atoms with Crippen molar-refractivity contribution in [3.63, 3.8) is 0 Å². The van der Waals surface area contributed by atoms with E-state index in [9.17, 15) is 4.79 Å². The molecule has 0 aliphatic carbocycles. The predicted molar refractivity (Wildman–Crippen MR) is 74.4 cm³/mol. The molecule has 18 heavy (non-hydrogen) atoms. The maximum atomic E-state index is 12.0. The van der Waals surface area contributed by atoms with Gasteiger partial charge in [-0.2, -0.15) is 0 Å². The highest BCUT2D eigenvalue weighted by Crippen LogP contribution is 2.22. The molecule has 4 heteroatoms. The van der Waals surface area contributed by atoms with E-state index in [1.165, 1.54) is 0 Å². The van der Waals surface area contributed by atoms with Crippen molar-refractivity contribution in [3.8, 4) is 0 Å². The molecule has 0 radical (unpaired) electrons. The maximum Gasteiger partial charge on any atom is 0.231 e. The molecule has 0 aliphatic rings. The SMILES string of the molecule is CCC(C)(C)C(=O)Nc1cc(CCN)c(C)cn1. The van der Waals surface area contributed by atoms with Crippen molar-refractivity contribution >= 4 is 11.7 Å². The number of carbonyl (C=O) groups excluding carboxylic acids is 1. The Morgan fingerprint density at radius 1 is 1.50 bits per heavy atom. The maximum absolute atomic E-state index is 12.0. The number of nitrogens with zero attached hydrogens (tertiary/aromatic N) is 1. The van der Waals surface area contributed by atoms with Gasteiger partial charge in [0, 0.05) is 11.6 Å². The van der Waals surface area contributed by atoms with Gasteiger partial charge in [0.2, 0.25) is 5.91 Å². The van der Waals surface area contributed by atoms with Crippen molar-refractivity contribution in [1.82, 2.24) is 4.98 Å². The highest BCUT2D eigenvalue weighted by molar-refractivity contribution is 5.94. The number of anilines is 1. The number of carbonyl (C=O) groups is 1. The summed E-state index contributed by atoms with van der Waals surface area (Å²) in [6, 6.07) is 1.91. The number of aryl methyl sites for hydroxylation is 1. The molecule has 0 saturated carbocycles. The van der Waals surface area contributed by atoms with Gasteiger partial charge in [-0.25, -0.2) is 4.98 Å². The summed E-state index contributed by atoms with van der Waals surface area (Å²) in [6.07, 6.45) is 3.37. The minimum Gasteiger partial charge on any atom is -0.330 e. The number of pyridine rings is 1. The lowest BCUT2D eigenvalue weighted by Crippen LogP contribution is -2.30. The number of amides is 1. The second kappa shape index (κ2) is 5.96. The molecule has 1 rings (SSSR count). The van der Waals surface area contributed by atoms with Crippen LogP contribution >= 0.6 is 0 Å². The fourth-order valence-electron chi connectivity index (χ4n) is 1.50. The molecular weight excluding hydrogens is 226 g/mol. The molecule has 0 aliphatic heterocycles. The summed E-state index contributed by atoms with van der Waals surface area (Å²) in [5, 5.41) is 2.87. The first kappa shape index (κ1) is 14.6. The molecule has 0 unspecified atom stereocenters. The molecule has 0 fully saturated rings. The summed E-state index contributed by atoms with van der Waals surface area (Å²) in [5.74, 6) is 0.607. The van der Waals surface area contributed by atoms with Gasteiger partial charge in [-0.3, -0.25) is 4.79 Å². The molecule has 1 heterocycles. The number of hydrogen-bond acceptors (Lipinski definition) is 3. The molecule has 4 nitrogen and oxygen atoms in total. The quantitative estimate of drug-likeness (QED) is 0.841. The molecule has 1 amide bonds. The van der Waals surface area contributed by atoms with Crippen molar-refractivity contribution in [3.05, 3.63) is 23.4 Å². The first-order valence-corrected chi connectivity index (χ1v) is 6.37. The fraction of sp³-hybridized carbons (Fsp3) is 0.571. The normalized spacial score (nSPS) is 11.4. The van der Waals surface area contributed by atoms with Crippen LogP contribution in [0, 0.1) is 12.3 Å². The zero-order valence-corrected chi connectivity index (χ0v) is 11.7. The summed E-state index contributed by atoms with van der Waals surface area (Å²) in [5.41, 5.74) is 7.43. The van der Waals surface area contributed by atoms with E-state index in [0.717, 1.165) is 24.0 Å². The topological polar surface area (TPSA) is 68.0 Å². The lowest BCUT2D eigenvalue weighted by molar-refractivity contribution is -0.124. The van der Waals surface area contributed by atoms with E-state index >= 15 is 0 Å². The standard InChI is InChI=1S/C14H23N3O/c1-5-14(3,4)13(18)17-12-8-11(6-7-15)10(2)9-16-12/h8-9H,5-7,15H2,1-4H3,(H,16,17,18). The van der Waals surface area contributed by atoms with E-state index < -0.39 is 0 Å². The summed E-state index contributed by atoms with van der Waals surface area (Å²) in [4.78, 5) is 16.3. The van der Waals surface area contributed by atoms with Gasteiger partial charge in [0.1, 0.15) is 5.82 Å². The average Bonchev–Trinajstić information content (AvgIpc) is 2.33. The fourth-order valence-corrected chi connectivity index (χ4v) is 1.50. The molecular formula is C14H23N3O. The van der Waals surface area contributed by atoms with Crippen molar-refractivity contribution < 1.29 is 4.79 Å². The lowest BCUT2D eigenvalue weighted by Gasteiger charge is -2.21. The second-order valence-electron chi connectivity index (χ2n) is 5.23. The predicted octanol–water partition coefficient (Wildman–Crippen LogP) is 2.27. The summed E-state index contributed by atoms with van der Waals surface area (Å²) in [7, 11) is 0.